The van der Waals surface area contributed by atoms with Crippen molar-refractivity contribution in [2.24, 2.45) is 5.73 Å². The van der Waals surface area contributed by atoms with Crippen molar-refractivity contribution in [3.63, 3.8) is 0 Å². The van der Waals surface area contributed by atoms with E-state index in [1.807, 2.05) is 6.07 Å². The molecule has 2 nitrogen and oxygen atoms in total. The summed E-state index contributed by atoms with van der Waals surface area (Å²) in [6, 6.07) is 6.30. The van der Waals surface area contributed by atoms with Crippen molar-refractivity contribution in [1.82, 2.24) is 0 Å². The minimum atomic E-state index is 0.129. The molecule has 0 bridgehead atoms. The van der Waals surface area contributed by atoms with Gasteiger partial charge in [0, 0.05) is 22.0 Å². The van der Waals surface area contributed by atoms with Gasteiger partial charge in [-0.2, -0.15) is 0 Å². The van der Waals surface area contributed by atoms with Crippen LogP contribution in [0.15, 0.2) is 22.7 Å². The van der Waals surface area contributed by atoms with Gasteiger partial charge in [0.2, 0.25) is 0 Å². The fraction of sp³-hybridized carbons (Fsp3) is 0.571. The number of benzene rings is 1. The van der Waals surface area contributed by atoms with E-state index in [9.17, 15) is 0 Å². The van der Waals surface area contributed by atoms with E-state index in [1.165, 1.54) is 37.7 Å². The lowest BCUT2D eigenvalue weighted by atomic mass is 9.69. The summed E-state index contributed by atoms with van der Waals surface area (Å²) in [5.74, 6) is 0.965. The molecule has 2 rings (SSSR count). The third-order valence-corrected chi connectivity index (χ3v) is 4.43. The SMILES string of the molecule is COc1cc(Br)ccc1C1(CN)CCCCC1. The Kier molecular flexibility index (Phi) is 4.10. The van der Waals surface area contributed by atoms with Crippen molar-refractivity contribution in [2.45, 2.75) is 37.5 Å². The maximum atomic E-state index is 6.06. The number of methoxy groups -OCH3 is 1. The van der Waals surface area contributed by atoms with Gasteiger partial charge in [0.15, 0.2) is 0 Å². The highest BCUT2D eigenvalue weighted by atomic mass is 79.9. The molecule has 1 aliphatic carbocycles. The molecule has 0 unspecified atom stereocenters. The summed E-state index contributed by atoms with van der Waals surface area (Å²) in [5, 5.41) is 0. The highest BCUT2D eigenvalue weighted by Gasteiger charge is 2.34. The van der Waals surface area contributed by atoms with Crippen LogP contribution in [0.3, 0.4) is 0 Å². The molecule has 1 saturated carbocycles. The highest BCUT2D eigenvalue weighted by Crippen LogP contribution is 2.43. The van der Waals surface area contributed by atoms with Gasteiger partial charge in [0.25, 0.3) is 0 Å². The van der Waals surface area contributed by atoms with Gasteiger partial charge >= 0.3 is 0 Å². The van der Waals surface area contributed by atoms with Crippen LogP contribution in [0, 0.1) is 0 Å². The molecule has 0 radical (unpaired) electrons. The maximum Gasteiger partial charge on any atom is 0.123 e. The highest BCUT2D eigenvalue weighted by molar-refractivity contribution is 9.10. The smallest absolute Gasteiger partial charge is 0.123 e. The number of hydrogen-bond acceptors (Lipinski definition) is 2. The largest absolute Gasteiger partial charge is 0.496 e. The summed E-state index contributed by atoms with van der Waals surface area (Å²) in [6.07, 6.45) is 6.25. The van der Waals surface area contributed by atoms with Crippen LogP contribution in [0.25, 0.3) is 0 Å². The van der Waals surface area contributed by atoms with Gasteiger partial charge in [-0.1, -0.05) is 41.3 Å². The molecule has 0 saturated heterocycles. The standard InChI is InChI=1S/C14H20BrNO/c1-17-13-9-11(15)5-6-12(13)14(10-16)7-3-2-4-8-14/h5-6,9H,2-4,7-8,10,16H2,1H3. The molecule has 1 aromatic carbocycles. The van der Waals surface area contributed by atoms with Crippen molar-refractivity contribution >= 4 is 15.9 Å². The zero-order valence-electron chi connectivity index (χ0n) is 10.3. The molecule has 3 heteroatoms. The summed E-state index contributed by atoms with van der Waals surface area (Å²) in [4.78, 5) is 0. The molecular formula is C14H20BrNO. The summed E-state index contributed by atoms with van der Waals surface area (Å²) >= 11 is 3.49. The maximum absolute atomic E-state index is 6.06. The van der Waals surface area contributed by atoms with Gasteiger partial charge in [-0.05, 0) is 25.0 Å². The van der Waals surface area contributed by atoms with Gasteiger partial charge in [0.1, 0.15) is 5.75 Å². The fourth-order valence-electron chi connectivity index (χ4n) is 2.92. The normalized spacial score (nSPS) is 19.0. The third-order valence-electron chi connectivity index (χ3n) is 3.94. The molecule has 0 aromatic heterocycles. The molecule has 0 aliphatic heterocycles. The molecule has 0 spiro atoms. The fourth-order valence-corrected chi connectivity index (χ4v) is 3.26. The van der Waals surface area contributed by atoms with E-state index >= 15 is 0 Å². The molecule has 0 atom stereocenters. The van der Waals surface area contributed by atoms with Crippen LogP contribution in [0.4, 0.5) is 0 Å². The third kappa shape index (κ3) is 2.50. The molecular weight excluding hydrogens is 278 g/mol. The van der Waals surface area contributed by atoms with Gasteiger partial charge < -0.3 is 10.5 Å². The molecule has 0 heterocycles. The van der Waals surface area contributed by atoms with Crippen LogP contribution in [0.2, 0.25) is 0 Å². The van der Waals surface area contributed by atoms with Crippen LogP contribution in [-0.4, -0.2) is 13.7 Å². The molecule has 1 aromatic rings. The predicted octanol–water partition coefficient (Wildman–Crippen LogP) is 3.62. The first-order valence-electron chi connectivity index (χ1n) is 6.26. The lowest BCUT2D eigenvalue weighted by molar-refractivity contribution is 0.288. The first-order valence-corrected chi connectivity index (χ1v) is 7.05. The Hall–Kier alpha value is -0.540. The van der Waals surface area contributed by atoms with Crippen molar-refractivity contribution in [1.29, 1.82) is 0 Å². The number of rotatable bonds is 3. The van der Waals surface area contributed by atoms with Crippen LogP contribution in [-0.2, 0) is 5.41 Å². The van der Waals surface area contributed by atoms with E-state index in [0.29, 0.717) is 6.54 Å². The van der Waals surface area contributed by atoms with E-state index in [0.717, 1.165) is 10.2 Å². The Morgan fingerprint density at radius 1 is 1.29 bits per heavy atom. The van der Waals surface area contributed by atoms with Crippen molar-refractivity contribution in [2.75, 3.05) is 13.7 Å². The van der Waals surface area contributed by atoms with Crippen molar-refractivity contribution in [3.05, 3.63) is 28.2 Å². The number of halogens is 1. The summed E-state index contributed by atoms with van der Waals surface area (Å²) in [7, 11) is 1.73. The monoisotopic (exact) mass is 297 g/mol. The van der Waals surface area contributed by atoms with Crippen LogP contribution in [0.1, 0.15) is 37.7 Å². The summed E-state index contributed by atoms with van der Waals surface area (Å²) in [6.45, 7) is 0.713. The Bertz CT molecular complexity index is 386. The van der Waals surface area contributed by atoms with Crippen molar-refractivity contribution < 1.29 is 4.74 Å². The Morgan fingerprint density at radius 3 is 2.59 bits per heavy atom. The minimum Gasteiger partial charge on any atom is -0.496 e. The average molecular weight is 298 g/mol. The van der Waals surface area contributed by atoms with E-state index in [1.54, 1.807) is 7.11 Å². The lowest BCUT2D eigenvalue weighted by Gasteiger charge is -2.37. The van der Waals surface area contributed by atoms with E-state index in [-0.39, 0.29) is 5.41 Å². The van der Waals surface area contributed by atoms with Gasteiger partial charge in [0.05, 0.1) is 7.11 Å². The minimum absolute atomic E-state index is 0.129. The Balaban J connectivity index is 2.42. The molecule has 17 heavy (non-hydrogen) atoms. The Morgan fingerprint density at radius 2 is 2.00 bits per heavy atom. The van der Waals surface area contributed by atoms with Gasteiger partial charge in [-0.25, -0.2) is 0 Å². The Labute approximate surface area is 112 Å². The van der Waals surface area contributed by atoms with Gasteiger partial charge in [-0.3, -0.25) is 0 Å². The quantitative estimate of drug-likeness (QED) is 0.925. The second-order valence-electron chi connectivity index (χ2n) is 4.89. The summed E-state index contributed by atoms with van der Waals surface area (Å²) < 4.78 is 6.58. The van der Waals surface area contributed by atoms with Crippen LogP contribution >= 0.6 is 15.9 Å². The number of nitrogens with two attached hydrogens (primary N) is 1. The number of ether oxygens (including phenoxy) is 1. The van der Waals surface area contributed by atoms with Crippen LogP contribution < -0.4 is 10.5 Å². The predicted molar refractivity (Wildman–Crippen MR) is 74.5 cm³/mol. The molecule has 0 amide bonds. The van der Waals surface area contributed by atoms with E-state index in [2.05, 4.69) is 28.1 Å². The zero-order valence-corrected chi connectivity index (χ0v) is 11.9. The molecule has 94 valence electrons. The van der Waals surface area contributed by atoms with Gasteiger partial charge in [-0.15, -0.1) is 0 Å². The van der Waals surface area contributed by atoms with Crippen LogP contribution in [0.5, 0.6) is 5.75 Å². The first kappa shape index (κ1) is 12.9. The molecule has 2 N–H and O–H groups in total. The second-order valence-corrected chi connectivity index (χ2v) is 5.81. The average Bonchev–Trinajstić information content (AvgIpc) is 2.39. The molecule has 1 fully saturated rings. The van der Waals surface area contributed by atoms with E-state index in [4.69, 9.17) is 10.5 Å². The first-order chi connectivity index (χ1) is 8.22. The topological polar surface area (TPSA) is 35.2 Å². The lowest BCUT2D eigenvalue weighted by Crippen LogP contribution is -2.37. The second kappa shape index (κ2) is 5.40. The zero-order chi connectivity index (χ0) is 12.3. The molecule has 1 aliphatic rings. The van der Waals surface area contributed by atoms with E-state index < -0.39 is 0 Å². The number of hydrogen-bond donors (Lipinski definition) is 1. The summed E-state index contributed by atoms with van der Waals surface area (Å²) in [5.41, 5.74) is 7.48. The van der Waals surface area contributed by atoms with Crippen molar-refractivity contribution in [3.8, 4) is 5.75 Å².